The van der Waals surface area contributed by atoms with Gasteiger partial charge in [0.25, 0.3) is 0 Å². The fourth-order valence-electron chi connectivity index (χ4n) is 3.98. The van der Waals surface area contributed by atoms with Crippen LogP contribution in [-0.2, 0) is 25.6 Å². The average molecular weight is 563 g/mol. The lowest BCUT2D eigenvalue weighted by Gasteiger charge is -2.26. The normalized spacial score (nSPS) is 14.6. The molecular weight excluding hydrogens is 516 g/mol. The SMILES string of the molecule is CCC(C)C(NC(=O)C(CCCN=C(N)N)NC(=O)C(CCCCN)NC(=O)C(N)Cc1ccccc1)C(=O)O. The van der Waals surface area contributed by atoms with Crippen LogP contribution < -0.4 is 38.9 Å². The predicted octanol–water partition coefficient (Wildman–Crippen LogP) is -0.676. The van der Waals surface area contributed by atoms with Gasteiger partial charge in [0.2, 0.25) is 17.7 Å². The topological polar surface area (TPSA) is 241 Å². The van der Waals surface area contributed by atoms with Crippen molar-refractivity contribution in [2.24, 2.45) is 33.8 Å². The van der Waals surface area contributed by atoms with E-state index in [1.54, 1.807) is 6.92 Å². The summed E-state index contributed by atoms with van der Waals surface area (Å²) in [5, 5.41) is 17.5. The van der Waals surface area contributed by atoms with Gasteiger partial charge in [-0.05, 0) is 56.6 Å². The molecule has 224 valence electrons. The zero-order chi connectivity index (χ0) is 30.1. The smallest absolute Gasteiger partial charge is 0.326 e. The number of nitrogens with one attached hydrogen (secondary N) is 3. The van der Waals surface area contributed by atoms with Crippen molar-refractivity contribution in [3.63, 3.8) is 0 Å². The Morgan fingerprint density at radius 2 is 1.48 bits per heavy atom. The Hall–Kier alpha value is -3.71. The van der Waals surface area contributed by atoms with Gasteiger partial charge in [-0.1, -0.05) is 50.6 Å². The summed E-state index contributed by atoms with van der Waals surface area (Å²) < 4.78 is 0. The molecular formula is C27H46N8O5. The number of hydrogen-bond acceptors (Lipinski definition) is 7. The highest BCUT2D eigenvalue weighted by atomic mass is 16.4. The summed E-state index contributed by atoms with van der Waals surface area (Å²) in [6.07, 6.45) is 2.75. The third-order valence-electron chi connectivity index (χ3n) is 6.57. The number of aliphatic carboxylic acids is 1. The molecule has 40 heavy (non-hydrogen) atoms. The molecule has 12 N–H and O–H groups in total. The number of aliphatic imine (C=N–C) groups is 1. The van der Waals surface area contributed by atoms with Crippen LogP contribution in [0.2, 0.25) is 0 Å². The highest BCUT2D eigenvalue weighted by molar-refractivity contribution is 5.94. The number of carboxylic acids is 1. The lowest BCUT2D eigenvalue weighted by molar-refractivity contribution is -0.144. The van der Waals surface area contributed by atoms with E-state index in [-0.39, 0.29) is 37.7 Å². The Kier molecular flexibility index (Phi) is 15.9. The van der Waals surface area contributed by atoms with Gasteiger partial charge < -0.3 is 44.0 Å². The van der Waals surface area contributed by atoms with Crippen molar-refractivity contribution in [1.29, 1.82) is 0 Å². The van der Waals surface area contributed by atoms with Gasteiger partial charge in [-0.2, -0.15) is 0 Å². The molecule has 0 saturated heterocycles. The van der Waals surface area contributed by atoms with Crippen LogP contribution in [0.15, 0.2) is 35.3 Å². The molecule has 1 rings (SSSR count). The van der Waals surface area contributed by atoms with Crippen LogP contribution in [-0.4, -0.2) is 72.0 Å². The summed E-state index contributed by atoms with van der Waals surface area (Å²) in [6.45, 7) is 4.16. The lowest BCUT2D eigenvalue weighted by atomic mass is 9.98. The van der Waals surface area contributed by atoms with Crippen molar-refractivity contribution in [1.82, 2.24) is 16.0 Å². The molecule has 0 aliphatic carbocycles. The second-order valence-electron chi connectivity index (χ2n) is 9.86. The van der Waals surface area contributed by atoms with Crippen molar-refractivity contribution >= 4 is 29.7 Å². The van der Waals surface area contributed by atoms with Crippen LogP contribution in [0.25, 0.3) is 0 Å². The second kappa shape index (κ2) is 18.6. The van der Waals surface area contributed by atoms with Gasteiger partial charge in [0.05, 0.1) is 6.04 Å². The third kappa shape index (κ3) is 12.9. The zero-order valence-electron chi connectivity index (χ0n) is 23.5. The van der Waals surface area contributed by atoms with Crippen molar-refractivity contribution < 1.29 is 24.3 Å². The monoisotopic (exact) mass is 562 g/mol. The number of guanidine groups is 1. The van der Waals surface area contributed by atoms with Gasteiger partial charge in [-0.3, -0.25) is 19.4 Å². The van der Waals surface area contributed by atoms with E-state index in [2.05, 4.69) is 20.9 Å². The maximum Gasteiger partial charge on any atom is 0.326 e. The molecule has 0 heterocycles. The van der Waals surface area contributed by atoms with Gasteiger partial charge in [0.15, 0.2) is 5.96 Å². The Bertz CT molecular complexity index is 971. The molecule has 0 bridgehead atoms. The maximum absolute atomic E-state index is 13.4. The molecule has 0 aliphatic rings. The van der Waals surface area contributed by atoms with Crippen LogP contribution in [0.1, 0.15) is 57.9 Å². The first-order valence-corrected chi connectivity index (χ1v) is 13.7. The highest BCUT2D eigenvalue weighted by Crippen LogP contribution is 2.10. The van der Waals surface area contributed by atoms with Gasteiger partial charge in [-0.25, -0.2) is 4.79 Å². The molecule has 0 radical (unpaired) electrons. The van der Waals surface area contributed by atoms with E-state index in [0.29, 0.717) is 32.2 Å². The van der Waals surface area contributed by atoms with Crippen LogP contribution >= 0.6 is 0 Å². The first kappa shape index (κ1) is 34.3. The maximum atomic E-state index is 13.4. The first-order chi connectivity index (χ1) is 19.0. The van der Waals surface area contributed by atoms with Crippen molar-refractivity contribution in [3.05, 3.63) is 35.9 Å². The largest absolute Gasteiger partial charge is 0.480 e. The fourth-order valence-corrected chi connectivity index (χ4v) is 3.98. The number of amides is 3. The minimum absolute atomic E-state index is 0.109. The van der Waals surface area contributed by atoms with Crippen molar-refractivity contribution in [2.75, 3.05) is 13.1 Å². The van der Waals surface area contributed by atoms with E-state index < -0.39 is 47.9 Å². The summed E-state index contributed by atoms with van der Waals surface area (Å²) in [7, 11) is 0. The predicted molar refractivity (Wildman–Crippen MR) is 154 cm³/mol. The van der Waals surface area contributed by atoms with Crippen molar-refractivity contribution in [2.45, 2.75) is 83.0 Å². The van der Waals surface area contributed by atoms with Crippen LogP contribution in [0.5, 0.6) is 0 Å². The fraction of sp³-hybridized carbons (Fsp3) is 0.593. The summed E-state index contributed by atoms with van der Waals surface area (Å²) in [5.41, 5.74) is 23.3. The van der Waals surface area contributed by atoms with E-state index in [1.165, 1.54) is 0 Å². The molecule has 13 heteroatoms. The molecule has 13 nitrogen and oxygen atoms in total. The standard InChI is InChI=1S/C27H46N8O5/c1-3-17(2)22(26(39)40)35-25(38)21(13-9-15-32-27(30)31)34-24(37)20(12-7-8-14-28)33-23(36)19(29)16-18-10-5-4-6-11-18/h4-6,10-11,17,19-22H,3,7-9,12-16,28-29H2,1-2H3,(H,33,36)(H,34,37)(H,35,38)(H,39,40)(H4,30,31,32). The third-order valence-corrected chi connectivity index (χ3v) is 6.57. The number of carbonyl (C=O) groups is 4. The summed E-state index contributed by atoms with van der Waals surface area (Å²) in [6, 6.07) is 5.18. The van der Waals surface area contributed by atoms with Crippen LogP contribution in [0.4, 0.5) is 0 Å². The molecule has 1 aromatic rings. The zero-order valence-corrected chi connectivity index (χ0v) is 23.5. The molecule has 3 amide bonds. The van der Waals surface area contributed by atoms with Gasteiger partial charge >= 0.3 is 5.97 Å². The number of nitrogens with zero attached hydrogens (tertiary/aromatic N) is 1. The molecule has 0 saturated carbocycles. The van der Waals surface area contributed by atoms with E-state index >= 15 is 0 Å². The quantitative estimate of drug-likeness (QED) is 0.0604. The number of nitrogens with two attached hydrogens (primary N) is 4. The Balaban J connectivity index is 3.05. The number of benzene rings is 1. The highest BCUT2D eigenvalue weighted by Gasteiger charge is 2.31. The van der Waals surface area contributed by atoms with Gasteiger partial charge in [0, 0.05) is 6.54 Å². The van der Waals surface area contributed by atoms with E-state index in [0.717, 1.165) is 5.56 Å². The molecule has 5 atom stereocenters. The average Bonchev–Trinajstić information content (AvgIpc) is 2.92. The summed E-state index contributed by atoms with van der Waals surface area (Å²) in [5.74, 6) is -3.37. The Morgan fingerprint density at radius 1 is 0.900 bits per heavy atom. The van der Waals surface area contributed by atoms with Crippen LogP contribution in [0, 0.1) is 5.92 Å². The van der Waals surface area contributed by atoms with E-state index in [1.807, 2.05) is 37.3 Å². The number of carboxylic acid groups (broad SMARTS) is 1. The lowest BCUT2D eigenvalue weighted by Crippen LogP contribution is -2.57. The molecule has 0 fully saturated rings. The Labute approximate surface area is 235 Å². The summed E-state index contributed by atoms with van der Waals surface area (Å²) >= 11 is 0. The minimum Gasteiger partial charge on any atom is -0.480 e. The molecule has 0 spiro atoms. The Morgan fingerprint density at radius 3 is 2.02 bits per heavy atom. The molecule has 5 unspecified atom stereocenters. The molecule has 0 aliphatic heterocycles. The van der Waals surface area contributed by atoms with Gasteiger partial charge in [-0.15, -0.1) is 0 Å². The number of carbonyl (C=O) groups excluding carboxylic acids is 3. The first-order valence-electron chi connectivity index (χ1n) is 13.7. The van der Waals surface area contributed by atoms with Gasteiger partial charge in [0.1, 0.15) is 18.1 Å². The number of hydrogen-bond donors (Lipinski definition) is 8. The van der Waals surface area contributed by atoms with E-state index in [4.69, 9.17) is 22.9 Å². The second-order valence-corrected chi connectivity index (χ2v) is 9.86. The minimum atomic E-state index is -1.17. The number of unbranched alkanes of at least 4 members (excludes halogenated alkanes) is 1. The summed E-state index contributed by atoms with van der Waals surface area (Å²) in [4.78, 5) is 55.1. The number of rotatable bonds is 19. The van der Waals surface area contributed by atoms with Crippen LogP contribution in [0.3, 0.4) is 0 Å². The van der Waals surface area contributed by atoms with E-state index in [9.17, 15) is 24.3 Å². The molecule has 0 aromatic heterocycles. The molecule has 1 aromatic carbocycles. The van der Waals surface area contributed by atoms with Crippen molar-refractivity contribution in [3.8, 4) is 0 Å².